The van der Waals surface area contributed by atoms with E-state index in [0.717, 1.165) is 17.7 Å². The average Bonchev–Trinajstić information content (AvgIpc) is 2.46. The Morgan fingerprint density at radius 3 is 2.73 bits per heavy atom. The summed E-state index contributed by atoms with van der Waals surface area (Å²) in [7, 11) is -3.51. The maximum Gasteiger partial charge on any atom is 0.243 e. The fraction of sp³-hybridized carbons (Fsp3) is 0.533. The molecule has 0 unspecified atom stereocenters. The molecule has 0 radical (unpaired) electrons. The van der Waals surface area contributed by atoms with Gasteiger partial charge in [-0.05, 0) is 43.2 Å². The molecule has 1 heterocycles. The summed E-state index contributed by atoms with van der Waals surface area (Å²) in [6.07, 6.45) is 3.84. The number of anilines is 1. The van der Waals surface area contributed by atoms with E-state index in [1.807, 2.05) is 6.26 Å². The highest BCUT2D eigenvalue weighted by molar-refractivity contribution is 7.98. The number of amides is 1. The van der Waals surface area contributed by atoms with E-state index in [1.54, 1.807) is 22.5 Å². The summed E-state index contributed by atoms with van der Waals surface area (Å²) >= 11 is 1.47. The molecule has 1 aliphatic heterocycles. The van der Waals surface area contributed by atoms with Crippen LogP contribution in [0.4, 0.5) is 5.69 Å². The van der Waals surface area contributed by atoms with Crippen LogP contribution in [0.3, 0.4) is 0 Å². The maximum atomic E-state index is 12.8. The van der Waals surface area contributed by atoms with Crippen molar-refractivity contribution in [3.8, 4) is 0 Å². The molecule has 1 N–H and O–H groups in total. The van der Waals surface area contributed by atoms with Crippen LogP contribution in [0.2, 0.25) is 0 Å². The first kappa shape index (κ1) is 17.3. The van der Waals surface area contributed by atoms with Crippen LogP contribution in [0, 0.1) is 5.92 Å². The molecule has 1 aromatic carbocycles. The molecule has 1 aromatic rings. The first-order chi connectivity index (χ1) is 10.3. The van der Waals surface area contributed by atoms with E-state index in [2.05, 4.69) is 12.2 Å². The van der Waals surface area contributed by atoms with Crippen molar-refractivity contribution in [1.82, 2.24) is 4.31 Å². The van der Waals surface area contributed by atoms with Crippen molar-refractivity contribution in [1.29, 1.82) is 0 Å². The van der Waals surface area contributed by atoms with E-state index in [9.17, 15) is 13.2 Å². The SMILES string of the molecule is CSc1ccc(S(=O)(=O)N2CCC[C@H](C)C2)cc1NC(C)=O. The van der Waals surface area contributed by atoms with E-state index in [-0.39, 0.29) is 10.8 Å². The highest BCUT2D eigenvalue weighted by atomic mass is 32.2. The van der Waals surface area contributed by atoms with E-state index in [1.165, 1.54) is 18.7 Å². The quantitative estimate of drug-likeness (QED) is 0.855. The minimum absolute atomic E-state index is 0.212. The molecule has 7 heteroatoms. The molecular formula is C15H22N2O3S2. The van der Waals surface area contributed by atoms with Crippen molar-refractivity contribution in [2.75, 3.05) is 24.7 Å². The number of benzene rings is 1. The van der Waals surface area contributed by atoms with Crippen molar-refractivity contribution in [3.63, 3.8) is 0 Å². The van der Waals surface area contributed by atoms with Gasteiger partial charge < -0.3 is 5.32 Å². The number of thioether (sulfide) groups is 1. The van der Waals surface area contributed by atoms with E-state index < -0.39 is 10.0 Å². The number of rotatable bonds is 4. The molecule has 0 bridgehead atoms. The van der Waals surface area contributed by atoms with Crippen LogP contribution in [-0.4, -0.2) is 38.0 Å². The summed E-state index contributed by atoms with van der Waals surface area (Å²) in [5.41, 5.74) is 0.547. The van der Waals surface area contributed by atoms with Gasteiger partial charge in [0.2, 0.25) is 15.9 Å². The molecule has 1 saturated heterocycles. The van der Waals surface area contributed by atoms with Crippen LogP contribution < -0.4 is 5.32 Å². The molecule has 0 aliphatic carbocycles. The summed E-state index contributed by atoms with van der Waals surface area (Å²) in [5.74, 6) is 0.167. The molecule has 0 saturated carbocycles. The van der Waals surface area contributed by atoms with Gasteiger partial charge in [0.1, 0.15) is 0 Å². The van der Waals surface area contributed by atoms with Gasteiger partial charge >= 0.3 is 0 Å². The summed E-state index contributed by atoms with van der Waals surface area (Å²) in [6.45, 7) is 4.60. The third kappa shape index (κ3) is 3.83. The Kier molecular flexibility index (Phi) is 5.52. The smallest absolute Gasteiger partial charge is 0.243 e. The molecule has 0 aromatic heterocycles. The first-order valence-electron chi connectivity index (χ1n) is 7.30. The van der Waals surface area contributed by atoms with Gasteiger partial charge in [0.25, 0.3) is 0 Å². The van der Waals surface area contributed by atoms with Crippen LogP contribution in [0.25, 0.3) is 0 Å². The van der Waals surface area contributed by atoms with Gasteiger partial charge in [0.05, 0.1) is 10.6 Å². The maximum absolute atomic E-state index is 12.8. The van der Waals surface area contributed by atoms with Crippen molar-refractivity contribution >= 4 is 33.4 Å². The minimum Gasteiger partial charge on any atom is -0.325 e. The van der Waals surface area contributed by atoms with Gasteiger partial charge in [-0.25, -0.2) is 8.42 Å². The Morgan fingerprint density at radius 1 is 1.41 bits per heavy atom. The number of nitrogens with zero attached hydrogens (tertiary/aromatic N) is 1. The molecular weight excluding hydrogens is 320 g/mol. The van der Waals surface area contributed by atoms with Gasteiger partial charge in [-0.15, -0.1) is 11.8 Å². The minimum atomic E-state index is -3.51. The first-order valence-corrected chi connectivity index (χ1v) is 9.97. The van der Waals surface area contributed by atoms with Crippen molar-refractivity contribution in [2.45, 2.75) is 36.5 Å². The summed E-state index contributed by atoms with van der Waals surface area (Å²) in [4.78, 5) is 12.4. The molecule has 122 valence electrons. The van der Waals surface area contributed by atoms with Crippen LogP contribution in [0.1, 0.15) is 26.7 Å². The van der Waals surface area contributed by atoms with E-state index >= 15 is 0 Å². The van der Waals surface area contributed by atoms with Gasteiger partial charge in [-0.1, -0.05) is 6.92 Å². The van der Waals surface area contributed by atoms with Crippen molar-refractivity contribution < 1.29 is 13.2 Å². The molecule has 1 fully saturated rings. The summed E-state index contributed by atoms with van der Waals surface area (Å²) in [5, 5.41) is 2.71. The second-order valence-corrected chi connectivity index (χ2v) is 8.44. The zero-order valence-electron chi connectivity index (χ0n) is 13.1. The summed E-state index contributed by atoms with van der Waals surface area (Å²) in [6, 6.07) is 4.92. The fourth-order valence-corrected chi connectivity index (χ4v) is 4.81. The Bertz CT molecular complexity index is 659. The third-order valence-corrected chi connectivity index (χ3v) is 6.40. The predicted molar refractivity (Wildman–Crippen MR) is 89.7 cm³/mol. The highest BCUT2D eigenvalue weighted by Crippen LogP contribution is 2.30. The fourth-order valence-electron chi connectivity index (χ4n) is 2.65. The zero-order valence-corrected chi connectivity index (χ0v) is 14.8. The van der Waals surface area contributed by atoms with E-state index in [0.29, 0.717) is 24.7 Å². The molecule has 1 atom stereocenters. The molecule has 1 amide bonds. The van der Waals surface area contributed by atoms with Crippen molar-refractivity contribution in [3.05, 3.63) is 18.2 Å². The number of carbonyl (C=O) groups is 1. The standard InChI is InChI=1S/C15H22N2O3S2/c1-11-5-4-8-17(10-11)22(19,20)13-6-7-15(21-3)14(9-13)16-12(2)18/h6-7,9,11H,4-5,8,10H2,1-3H3,(H,16,18)/t11-/m0/s1. The lowest BCUT2D eigenvalue weighted by molar-refractivity contribution is -0.114. The molecule has 0 spiro atoms. The third-order valence-electron chi connectivity index (χ3n) is 3.74. The number of carbonyl (C=O) groups excluding carboxylic acids is 1. The Hall–Kier alpha value is -1.05. The Morgan fingerprint density at radius 2 is 2.14 bits per heavy atom. The second kappa shape index (κ2) is 7.02. The largest absolute Gasteiger partial charge is 0.325 e. The lowest BCUT2D eigenvalue weighted by Crippen LogP contribution is -2.39. The van der Waals surface area contributed by atoms with Crippen LogP contribution in [0.5, 0.6) is 0 Å². The Balaban J connectivity index is 2.36. The second-order valence-electron chi connectivity index (χ2n) is 5.65. The summed E-state index contributed by atoms with van der Waals surface area (Å²) < 4.78 is 27.1. The predicted octanol–water partition coefficient (Wildman–Crippen LogP) is 2.79. The van der Waals surface area contributed by atoms with Crippen LogP contribution in [-0.2, 0) is 14.8 Å². The van der Waals surface area contributed by atoms with Gasteiger partial charge in [-0.2, -0.15) is 4.31 Å². The number of hydrogen-bond donors (Lipinski definition) is 1. The zero-order chi connectivity index (χ0) is 16.3. The highest BCUT2D eigenvalue weighted by Gasteiger charge is 2.29. The number of sulfonamides is 1. The molecule has 1 aliphatic rings. The van der Waals surface area contributed by atoms with Crippen LogP contribution in [0.15, 0.2) is 28.0 Å². The van der Waals surface area contributed by atoms with Gasteiger partial charge in [0, 0.05) is 24.9 Å². The number of nitrogens with one attached hydrogen (secondary N) is 1. The molecule has 5 nitrogen and oxygen atoms in total. The van der Waals surface area contributed by atoms with Gasteiger partial charge in [-0.3, -0.25) is 4.79 Å². The average molecular weight is 342 g/mol. The lowest BCUT2D eigenvalue weighted by Gasteiger charge is -2.30. The monoisotopic (exact) mass is 342 g/mol. The normalized spacial score (nSPS) is 19.9. The topological polar surface area (TPSA) is 66.5 Å². The van der Waals surface area contributed by atoms with E-state index in [4.69, 9.17) is 0 Å². The van der Waals surface area contributed by atoms with Crippen LogP contribution >= 0.6 is 11.8 Å². The number of piperidine rings is 1. The number of hydrogen-bond acceptors (Lipinski definition) is 4. The molecule has 2 rings (SSSR count). The van der Waals surface area contributed by atoms with Crippen molar-refractivity contribution in [2.24, 2.45) is 5.92 Å². The lowest BCUT2D eigenvalue weighted by atomic mass is 10.0. The Labute approximate surface area is 136 Å². The van der Waals surface area contributed by atoms with Gasteiger partial charge in [0.15, 0.2) is 0 Å². The molecule has 22 heavy (non-hydrogen) atoms.